The molecule has 0 saturated carbocycles. The molecule has 2 unspecified atom stereocenters. The first kappa shape index (κ1) is 56.1. The van der Waals surface area contributed by atoms with Crippen molar-refractivity contribution in [3.05, 3.63) is 163 Å². The van der Waals surface area contributed by atoms with Crippen LogP contribution in [0.1, 0.15) is 95.7 Å². The van der Waals surface area contributed by atoms with Crippen LogP contribution in [-0.4, -0.2) is 78.8 Å². The molecule has 74 heavy (non-hydrogen) atoms. The lowest BCUT2D eigenvalue weighted by atomic mass is 9.92. The predicted molar refractivity (Wildman–Crippen MR) is 281 cm³/mol. The molecule has 2 atom stereocenters. The number of ether oxygens (including phenoxy) is 4. The summed E-state index contributed by atoms with van der Waals surface area (Å²) < 4.78 is 25.5. The van der Waals surface area contributed by atoms with Crippen molar-refractivity contribution >= 4 is 35.1 Å². The summed E-state index contributed by atoms with van der Waals surface area (Å²) in [6, 6.07) is 24.8. The normalized spacial score (nSPS) is 11.9. The summed E-state index contributed by atoms with van der Waals surface area (Å²) in [4.78, 5) is 36.4. The highest BCUT2D eigenvalue weighted by atomic mass is 35.5. The lowest BCUT2D eigenvalue weighted by Gasteiger charge is -2.28. The van der Waals surface area contributed by atoms with Gasteiger partial charge < -0.3 is 34.3 Å². The van der Waals surface area contributed by atoms with E-state index in [-0.39, 0.29) is 52.5 Å². The van der Waals surface area contributed by atoms with E-state index in [1.54, 1.807) is 53.7 Å². The van der Waals surface area contributed by atoms with Crippen molar-refractivity contribution < 1.29 is 43.9 Å². The molecule has 3 N–H and O–H groups in total. The van der Waals surface area contributed by atoms with Crippen molar-refractivity contribution in [3.63, 3.8) is 0 Å². The Kier molecular flexibility index (Phi) is 20.6. The summed E-state index contributed by atoms with van der Waals surface area (Å²) in [5.74, 6) is -0.376. The summed E-state index contributed by atoms with van der Waals surface area (Å²) in [6.07, 6.45) is 7.38. The molecule has 15 nitrogen and oxygen atoms in total. The molecule has 0 aliphatic rings. The molecule has 386 valence electrons. The van der Waals surface area contributed by atoms with Gasteiger partial charge >= 0.3 is 11.9 Å². The molecule has 0 saturated heterocycles. The third-order valence-electron chi connectivity index (χ3n) is 12.8. The van der Waals surface area contributed by atoms with Crippen LogP contribution in [0.5, 0.6) is 23.0 Å². The highest BCUT2D eigenvalue weighted by Gasteiger charge is 2.27. The summed E-state index contributed by atoms with van der Waals surface area (Å²) >= 11 is 13.8. The number of carboxylic acid groups (broad SMARTS) is 2. The quantitative estimate of drug-likeness (QED) is 0.0438. The Labute approximate surface area is 442 Å². The number of aliphatic hydroxyl groups is 1. The van der Waals surface area contributed by atoms with Gasteiger partial charge in [-0.25, -0.2) is 0 Å². The fourth-order valence-corrected chi connectivity index (χ4v) is 9.16. The van der Waals surface area contributed by atoms with Crippen molar-refractivity contribution in [2.75, 3.05) is 19.7 Å². The van der Waals surface area contributed by atoms with Gasteiger partial charge in [0.15, 0.2) is 0 Å². The summed E-state index contributed by atoms with van der Waals surface area (Å²) in [5.41, 5.74) is 9.15. The smallest absolute Gasteiger partial charge is 0.321 e. The first-order chi connectivity index (χ1) is 35.7. The number of hydrogen-bond donors (Lipinski definition) is 3. The maximum atomic E-state index is 12.3. The number of aliphatic carboxylic acids is 2. The molecule has 0 spiro atoms. The third kappa shape index (κ3) is 14.5. The van der Waals surface area contributed by atoms with Crippen LogP contribution in [0.15, 0.2) is 97.6 Å². The fraction of sp³-hybridized carbons (Fsp3) is 0.333. The number of carboxylic acids is 2. The predicted octanol–water partition coefficient (Wildman–Crippen LogP) is 10.9. The van der Waals surface area contributed by atoms with Gasteiger partial charge in [0.25, 0.3) is 0 Å². The number of nitrogens with zero attached hydrogens (tertiary/aromatic N) is 6. The fourth-order valence-electron chi connectivity index (χ4n) is 8.68. The Morgan fingerprint density at radius 1 is 0.595 bits per heavy atom. The van der Waals surface area contributed by atoms with Crippen LogP contribution in [0.25, 0.3) is 11.1 Å². The molecule has 0 aliphatic heterocycles. The Balaban J connectivity index is 1.24. The number of rotatable bonds is 27. The van der Waals surface area contributed by atoms with Gasteiger partial charge in [-0.2, -0.15) is 10.5 Å². The van der Waals surface area contributed by atoms with Crippen LogP contribution in [0, 0.1) is 36.5 Å². The maximum Gasteiger partial charge on any atom is 0.321 e. The minimum absolute atomic E-state index is 0.0381. The highest BCUT2D eigenvalue weighted by Crippen LogP contribution is 2.38. The van der Waals surface area contributed by atoms with Gasteiger partial charge in [0, 0.05) is 78.9 Å². The molecule has 4 aromatic carbocycles. The number of nitriles is 2. The van der Waals surface area contributed by atoms with Gasteiger partial charge in [0.1, 0.15) is 73.6 Å². The van der Waals surface area contributed by atoms with Crippen LogP contribution < -0.4 is 18.9 Å². The molecule has 0 amide bonds. The van der Waals surface area contributed by atoms with Gasteiger partial charge in [0.2, 0.25) is 0 Å². The zero-order chi connectivity index (χ0) is 53.3. The molecule has 6 rings (SSSR count). The van der Waals surface area contributed by atoms with Gasteiger partial charge in [-0.3, -0.25) is 29.4 Å². The third-order valence-corrected chi connectivity index (χ3v) is 13.4. The van der Waals surface area contributed by atoms with Crippen LogP contribution in [0.4, 0.5) is 0 Å². The van der Waals surface area contributed by atoms with Crippen molar-refractivity contribution in [3.8, 4) is 46.3 Å². The zero-order valence-electron chi connectivity index (χ0n) is 42.1. The molecule has 0 fully saturated rings. The Bertz CT molecular complexity index is 2810. The first-order valence-corrected chi connectivity index (χ1v) is 25.0. The Hall–Kier alpha value is -7.24. The van der Waals surface area contributed by atoms with Gasteiger partial charge in [0.05, 0.1) is 21.2 Å². The van der Waals surface area contributed by atoms with E-state index in [9.17, 15) is 35.4 Å². The highest BCUT2D eigenvalue weighted by molar-refractivity contribution is 6.32. The van der Waals surface area contributed by atoms with E-state index in [1.807, 2.05) is 75.9 Å². The number of likely N-dealkylation sites (N-methyl/N-ethyl adjacent to an activating group) is 2. The van der Waals surface area contributed by atoms with Gasteiger partial charge in [-0.15, -0.1) is 0 Å². The van der Waals surface area contributed by atoms with Crippen molar-refractivity contribution in [2.24, 2.45) is 0 Å². The van der Waals surface area contributed by atoms with E-state index in [2.05, 4.69) is 22.1 Å². The van der Waals surface area contributed by atoms with Crippen LogP contribution in [0.3, 0.4) is 0 Å². The minimum Gasteiger partial charge on any atom is -0.488 e. The molecule has 2 heterocycles. The standard InChI is InChI=1S/C57H60Cl2N6O9/c1-6-11-50(56(67)68)64(7-2)30-44-20-48(58)54(22-52(44)71-32-40-18-38(24-60)26-62-28-40)73-34-42-12-9-14-46(36(42)4)47-15-10-13-43(37(47)5)35-74-55-23-53(72-33-41-19-39(25-61)27-63-29-41)45(21-49(55)59)31-65(8-3)51(16-17-66)57(69)70/h9-10,12-15,18-23,26-29,50-51,66H,6-8,11,16-17,30-35H2,1-5H3,(H,67,68)(H,69,70). The number of aliphatic hydroxyl groups excluding tert-OH is 1. The van der Waals surface area contributed by atoms with E-state index in [1.165, 1.54) is 12.4 Å². The van der Waals surface area contributed by atoms with E-state index < -0.39 is 24.0 Å². The number of pyridine rings is 2. The average molecular weight is 1040 g/mol. The van der Waals surface area contributed by atoms with Crippen molar-refractivity contribution in [1.29, 1.82) is 10.5 Å². The van der Waals surface area contributed by atoms with Gasteiger partial charge in [-0.05, 0) is 97.4 Å². The number of benzene rings is 4. The number of aromatic nitrogens is 2. The first-order valence-electron chi connectivity index (χ1n) is 24.3. The summed E-state index contributed by atoms with van der Waals surface area (Å²) in [5, 5.41) is 49.2. The molecule has 0 bridgehead atoms. The van der Waals surface area contributed by atoms with Crippen LogP contribution >= 0.6 is 23.2 Å². The second-order valence-electron chi connectivity index (χ2n) is 17.6. The monoisotopic (exact) mass is 1040 g/mol. The van der Waals surface area contributed by atoms with Crippen molar-refractivity contribution in [2.45, 2.75) is 105 Å². The lowest BCUT2D eigenvalue weighted by Crippen LogP contribution is -2.41. The molecule has 0 radical (unpaired) electrons. The summed E-state index contributed by atoms with van der Waals surface area (Å²) in [7, 11) is 0. The number of hydrogen-bond acceptors (Lipinski definition) is 13. The molecule has 17 heteroatoms. The lowest BCUT2D eigenvalue weighted by molar-refractivity contribution is -0.145. The van der Waals surface area contributed by atoms with Crippen LogP contribution in [0.2, 0.25) is 10.0 Å². The topological polar surface area (TPSA) is 212 Å². The largest absolute Gasteiger partial charge is 0.488 e. The SMILES string of the molecule is CCCC(C(=O)O)N(CC)Cc1cc(Cl)c(OCc2cccc(-c3cccc(COc4cc(OCc5cncc(C#N)c5)c(CN(CC)C(CCO)C(=O)O)cc4Cl)c3C)c2C)cc1OCc1cncc(C#N)c1. The van der Waals surface area contributed by atoms with E-state index >= 15 is 0 Å². The molecular weight excluding hydrogens is 984 g/mol. The summed E-state index contributed by atoms with van der Waals surface area (Å²) in [6.45, 7) is 11.2. The maximum absolute atomic E-state index is 12.3. The molecule has 2 aromatic heterocycles. The Morgan fingerprint density at radius 2 is 1.01 bits per heavy atom. The van der Waals surface area contributed by atoms with Crippen molar-refractivity contribution in [1.82, 2.24) is 19.8 Å². The molecule has 0 aliphatic carbocycles. The molecule has 6 aromatic rings. The van der Waals surface area contributed by atoms with E-state index in [0.29, 0.717) is 92.4 Å². The molecular formula is C57H60Cl2N6O9. The second kappa shape index (κ2) is 27.2. The second-order valence-corrected chi connectivity index (χ2v) is 18.5. The number of halogens is 2. The van der Waals surface area contributed by atoms with Gasteiger partial charge in [-0.1, -0.05) is 86.8 Å². The van der Waals surface area contributed by atoms with E-state index in [0.717, 1.165) is 33.4 Å². The van der Waals surface area contributed by atoms with E-state index in [4.69, 9.17) is 42.1 Å². The zero-order valence-corrected chi connectivity index (χ0v) is 43.6. The Morgan fingerprint density at radius 3 is 1.39 bits per heavy atom. The minimum atomic E-state index is -1.05. The van der Waals surface area contributed by atoms with Crippen LogP contribution in [-0.2, 0) is 49.1 Å². The average Bonchev–Trinajstić information content (AvgIpc) is 3.40. The number of carbonyl (C=O) groups is 2.